The van der Waals surface area contributed by atoms with Crippen molar-refractivity contribution in [3.8, 4) is 11.5 Å². The van der Waals surface area contributed by atoms with Gasteiger partial charge < -0.3 is 19.7 Å². The number of benzene rings is 3. The van der Waals surface area contributed by atoms with Crippen molar-refractivity contribution < 1.29 is 31.9 Å². The third-order valence-electron chi connectivity index (χ3n) is 7.50. The fourth-order valence-corrected chi connectivity index (χ4v) is 6.45. The van der Waals surface area contributed by atoms with Crippen LogP contribution in [0.15, 0.2) is 77.7 Å². The molecule has 43 heavy (non-hydrogen) atoms. The molecule has 0 bridgehead atoms. The Labute approximate surface area is 252 Å². The predicted molar refractivity (Wildman–Crippen MR) is 162 cm³/mol. The number of sulfonamides is 1. The highest BCUT2D eigenvalue weighted by Gasteiger charge is 2.33. The Hall–Kier alpha value is -4.12. The molecule has 4 rings (SSSR count). The summed E-state index contributed by atoms with van der Waals surface area (Å²) >= 11 is 0. The molecule has 0 heterocycles. The van der Waals surface area contributed by atoms with E-state index in [-0.39, 0.29) is 29.1 Å². The fraction of sp³-hybridized carbons (Fsp3) is 0.375. The zero-order chi connectivity index (χ0) is 31.0. The van der Waals surface area contributed by atoms with Crippen LogP contribution in [0.5, 0.6) is 11.5 Å². The third kappa shape index (κ3) is 8.04. The molecule has 0 saturated heterocycles. The van der Waals surface area contributed by atoms with Crippen LogP contribution in [0.2, 0.25) is 0 Å². The smallest absolute Gasteiger partial charge is 0.264 e. The van der Waals surface area contributed by atoms with Gasteiger partial charge in [-0.05, 0) is 92.9 Å². The lowest BCUT2D eigenvalue weighted by Crippen LogP contribution is -2.52. The minimum absolute atomic E-state index is 0.0450. The maximum Gasteiger partial charge on any atom is 0.264 e. The largest absolute Gasteiger partial charge is 0.497 e. The SMILES string of the molecule is CCOc1ccc(S(=O)(=O)N(CC(=O)N(Cc2ccc(OC)cc2)[C@H](C)C(=O)NC2CCCC2)c2ccc(F)cc2)cc1. The fourth-order valence-electron chi connectivity index (χ4n) is 5.04. The van der Waals surface area contributed by atoms with Gasteiger partial charge in [0.15, 0.2) is 0 Å². The Bertz CT molecular complexity index is 1470. The lowest BCUT2D eigenvalue weighted by Gasteiger charge is -2.32. The summed E-state index contributed by atoms with van der Waals surface area (Å²) in [5.74, 6) is -0.316. The topological polar surface area (TPSA) is 105 Å². The van der Waals surface area contributed by atoms with Crippen LogP contribution in [0.1, 0.15) is 45.1 Å². The van der Waals surface area contributed by atoms with Gasteiger partial charge in [0.1, 0.15) is 29.9 Å². The average Bonchev–Trinajstić information content (AvgIpc) is 3.52. The molecule has 0 radical (unpaired) electrons. The summed E-state index contributed by atoms with van der Waals surface area (Å²) in [5, 5.41) is 3.04. The molecule has 0 spiro atoms. The van der Waals surface area contributed by atoms with Gasteiger partial charge in [-0.25, -0.2) is 12.8 Å². The van der Waals surface area contributed by atoms with E-state index in [0.29, 0.717) is 18.1 Å². The van der Waals surface area contributed by atoms with Crippen LogP contribution in [0, 0.1) is 5.82 Å². The number of carbonyl (C=O) groups excluding carboxylic acids is 2. The normalized spacial score (nSPS) is 14.1. The van der Waals surface area contributed by atoms with E-state index in [9.17, 15) is 22.4 Å². The molecular formula is C32H38FN3O6S. The molecule has 1 N–H and O–H groups in total. The molecule has 1 fully saturated rings. The molecule has 1 atom stereocenters. The van der Waals surface area contributed by atoms with Crippen molar-refractivity contribution in [1.82, 2.24) is 10.2 Å². The molecule has 3 aromatic rings. The number of hydrogen-bond acceptors (Lipinski definition) is 6. The lowest BCUT2D eigenvalue weighted by molar-refractivity contribution is -0.139. The summed E-state index contributed by atoms with van der Waals surface area (Å²) in [6.45, 7) is 3.31. The summed E-state index contributed by atoms with van der Waals surface area (Å²) in [6.07, 6.45) is 3.82. The Morgan fingerprint density at radius 2 is 1.56 bits per heavy atom. The van der Waals surface area contributed by atoms with Crippen LogP contribution >= 0.6 is 0 Å². The number of nitrogens with zero attached hydrogens (tertiary/aromatic N) is 2. The number of nitrogens with one attached hydrogen (secondary N) is 1. The third-order valence-corrected chi connectivity index (χ3v) is 9.29. The van der Waals surface area contributed by atoms with Crippen LogP contribution in [0.3, 0.4) is 0 Å². The average molecular weight is 612 g/mol. The first-order chi connectivity index (χ1) is 20.6. The molecule has 1 aliphatic rings. The van der Waals surface area contributed by atoms with Crippen molar-refractivity contribution in [3.05, 3.63) is 84.2 Å². The second kappa shape index (κ2) is 14.4. The van der Waals surface area contributed by atoms with Gasteiger partial charge in [-0.1, -0.05) is 25.0 Å². The minimum Gasteiger partial charge on any atom is -0.497 e. The van der Waals surface area contributed by atoms with Crippen LogP contribution in [0.4, 0.5) is 10.1 Å². The quantitative estimate of drug-likeness (QED) is 0.295. The number of carbonyl (C=O) groups is 2. The van der Waals surface area contributed by atoms with E-state index in [1.165, 1.54) is 41.3 Å². The van der Waals surface area contributed by atoms with E-state index < -0.39 is 34.3 Å². The lowest BCUT2D eigenvalue weighted by atomic mass is 10.1. The molecular weight excluding hydrogens is 573 g/mol. The second-order valence-corrected chi connectivity index (χ2v) is 12.3. The molecule has 1 aliphatic carbocycles. The van der Waals surface area contributed by atoms with Crippen LogP contribution < -0.4 is 19.1 Å². The summed E-state index contributed by atoms with van der Waals surface area (Å²) in [5.41, 5.74) is 0.841. The highest BCUT2D eigenvalue weighted by atomic mass is 32.2. The molecule has 11 heteroatoms. The van der Waals surface area contributed by atoms with E-state index in [1.807, 2.05) is 6.92 Å². The number of halogens is 1. The molecule has 2 amide bonds. The van der Waals surface area contributed by atoms with Gasteiger partial charge in [-0.3, -0.25) is 13.9 Å². The van der Waals surface area contributed by atoms with Crippen LogP contribution in [-0.4, -0.2) is 57.5 Å². The summed E-state index contributed by atoms with van der Waals surface area (Å²) in [7, 11) is -2.73. The Morgan fingerprint density at radius 1 is 0.953 bits per heavy atom. The predicted octanol–water partition coefficient (Wildman–Crippen LogP) is 4.90. The maximum absolute atomic E-state index is 14.0. The number of rotatable bonds is 13. The number of ether oxygens (including phenoxy) is 2. The zero-order valence-electron chi connectivity index (χ0n) is 24.7. The van der Waals surface area contributed by atoms with Gasteiger partial charge in [0, 0.05) is 12.6 Å². The van der Waals surface area contributed by atoms with Gasteiger partial charge in [0.2, 0.25) is 11.8 Å². The summed E-state index contributed by atoms with van der Waals surface area (Å²) in [4.78, 5) is 28.7. The van der Waals surface area contributed by atoms with Crippen molar-refractivity contribution in [1.29, 1.82) is 0 Å². The standard InChI is InChI=1S/C32H38FN3O6S/c1-4-42-29-17-19-30(20-18-29)43(39,40)36(27-13-11-25(33)12-14-27)22-31(37)35(21-24-9-15-28(41-3)16-10-24)23(2)32(38)34-26-7-5-6-8-26/h9-20,23,26H,4-8,21-22H2,1-3H3,(H,34,38)/t23-/m1/s1. The van der Waals surface area contributed by atoms with E-state index in [0.717, 1.165) is 47.7 Å². The molecule has 9 nitrogen and oxygen atoms in total. The monoisotopic (exact) mass is 611 g/mol. The van der Waals surface area contributed by atoms with Crippen molar-refractivity contribution in [2.75, 3.05) is 24.6 Å². The highest BCUT2D eigenvalue weighted by Crippen LogP contribution is 2.27. The van der Waals surface area contributed by atoms with Crippen molar-refractivity contribution in [2.24, 2.45) is 0 Å². The van der Waals surface area contributed by atoms with E-state index in [2.05, 4.69) is 5.32 Å². The van der Waals surface area contributed by atoms with E-state index >= 15 is 0 Å². The van der Waals surface area contributed by atoms with E-state index in [4.69, 9.17) is 9.47 Å². The van der Waals surface area contributed by atoms with Gasteiger partial charge in [0.05, 0.1) is 24.3 Å². The first-order valence-electron chi connectivity index (χ1n) is 14.4. The van der Waals surface area contributed by atoms with Crippen molar-refractivity contribution >= 4 is 27.5 Å². The Kier molecular flexibility index (Phi) is 10.6. The van der Waals surface area contributed by atoms with Crippen LogP contribution in [-0.2, 0) is 26.2 Å². The first kappa shape index (κ1) is 31.8. The Morgan fingerprint density at radius 3 is 2.14 bits per heavy atom. The van der Waals surface area contributed by atoms with Crippen LogP contribution in [0.25, 0.3) is 0 Å². The first-order valence-corrected chi connectivity index (χ1v) is 15.8. The number of anilines is 1. The molecule has 3 aromatic carbocycles. The highest BCUT2D eigenvalue weighted by molar-refractivity contribution is 7.92. The molecule has 0 aliphatic heterocycles. The number of amides is 2. The molecule has 0 unspecified atom stereocenters. The Balaban J connectivity index is 1.67. The van der Waals surface area contributed by atoms with Gasteiger partial charge in [0.25, 0.3) is 10.0 Å². The summed E-state index contributed by atoms with van der Waals surface area (Å²) in [6, 6.07) is 17.0. The number of methoxy groups -OCH3 is 1. The maximum atomic E-state index is 14.0. The molecule has 230 valence electrons. The zero-order valence-corrected chi connectivity index (χ0v) is 25.5. The van der Waals surface area contributed by atoms with Crippen molar-refractivity contribution in [2.45, 2.75) is 63.1 Å². The minimum atomic E-state index is -4.28. The molecule has 1 saturated carbocycles. The summed E-state index contributed by atoms with van der Waals surface area (Å²) < 4.78 is 53.3. The number of hydrogen-bond donors (Lipinski definition) is 1. The van der Waals surface area contributed by atoms with Crippen molar-refractivity contribution in [3.63, 3.8) is 0 Å². The second-order valence-electron chi connectivity index (χ2n) is 10.4. The van der Waals surface area contributed by atoms with Gasteiger partial charge >= 0.3 is 0 Å². The van der Waals surface area contributed by atoms with Gasteiger partial charge in [-0.2, -0.15) is 0 Å². The molecule has 0 aromatic heterocycles. The van der Waals surface area contributed by atoms with Gasteiger partial charge in [-0.15, -0.1) is 0 Å². The van der Waals surface area contributed by atoms with E-state index in [1.54, 1.807) is 38.3 Å².